The molecule has 0 fully saturated rings. The predicted octanol–water partition coefficient (Wildman–Crippen LogP) is 4.57. The molecule has 100 valence electrons. The molecule has 0 bridgehead atoms. The van der Waals surface area contributed by atoms with E-state index in [9.17, 15) is 4.39 Å². The van der Waals surface area contributed by atoms with E-state index in [2.05, 4.69) is 33.2 Å². The predicted molar refractivity (Wildman–Crippen MR) is 81.6 cm³/mol. The minimum Gasteiger partial charge on any atom is -0.240 e. The Labute approximate surface area is 125 Å². The summed E-state index contributed by atoms with van der Waals surface area (Å²) >= 11 is 3.47. The molecule has 0 saturated heterocycles. The van der Waals surface area contributed by atoms with Crippen molar-refractivity contribution in [1.29, 1.82) is 0 Å². The van der Waals surface area contributed by atoms with Crippen molar-refractivity contribution in [2.75, 3.05) is 0 Å². The minimum absolute atomic E-state index is 0.245. The first-order valence-electron chi connectivity index (χ1n) is 6.24. The summed E-state index contributed by atoms with van der Waals surface area (Å²) in [7, 11) is 0. The largest absolute Gasteiger partial charge is 0.240 e. The van der Waals surface area contributed by atoms with Crippen LogP contribution in [-0.2, 0) is 5.33 Å². The van der Waals surface area contributed by atoms with E-state index in [4.69, 9.17) is 0 Å². The molecule has 3 aromatic rings. The fourth-order valence-corrected chi connectivity index (χ4v) is 2.51. The Kier molecular flexibility index (Phi) is 3.65. The van der Waals surface area contributed by atoms with Crippen LogP contribution < -0.4 is 0 Å². The van der Waals surface area contributed by atoms with Gasteiger partial charge in [0, 0.05) is 17.1 Å². The molecule has 4 heteroatoms. The third kappa shape index (κ3) is 2.51. The fraction of sp³-hybridized carbons (Fsp3) is 0.0625. The van der Waals surface area contributed by atoms with Gasteiger partial charge >= 0.3 is 0 Å². The smallest absolute Gasteiger partial charge is 0.123 e. The van der Waals surface area contributed by atoms with E-state index < -0.39 is 0 Å². The summed E-state index contributed by atoms with van der Waals surface area (Å²) in [6, 6.07) is 16.4. The first-order chi connectivity index (χ1) is 9.78. The molecule has 0 N–H and O–H groups in total. The molecule has 0 aliphatic rings. The lowest BCUT2D eigenvalue weighted by molar-refractivity contribution is 0.627. The van der Waals surface area contributed by atoms with Crippen molar-refractivity contribution < 1.29 is 4.39 Å². The molecule has 0 radical (unpaired) electrons. The SMILES string of the molecule is Fc1ccc(-n2cc(-c3ccccc3)c(CBr)n2)cc1. The highest BCUT2D eigenvalue weighted by atomic mass is 79.9. The lowest BCUT2D eigenvalue weighted by Gasteiger charge is -2.00. The fourth-order valence-electron chi connectivity index (χ4n) is 2.09. The van der Waals surface area contributed by atoms with E-state index >= 15 is 0 Å². The van der Waals surface area contributed by atoms with E-state index in [0.29, 0.717) is 5.33 Å². The second kappa shape index (κ2) is 5.59. The number of alkyl halides is 1. The van der Waals surface area contributed by atoms with Crippen molar-refractivity contribution >= 4 is 15.9 Å². The Morgan fingerprint density at radius 2 is 1.70 bits per heavy atom. The van der Waals surface area contributed by atoms with Gasteiger partial charge in [0.05, 0.1) is 11.4 Å². The zero-order chi connectivity index (χ0) is 13.9. The Balaban J connectivity index is 2.07. The maximum Gasteiger partial charge on any atom is 0.123 e. The number of halogens is 2. The molecule has 0 aliphatic carbocycles. The van der Waals surface area contributed by atoms with Crippen molar-refractivity contribution in [2.45, 2.75) is 5.33 Å². The van der Waals surface area contributed by atoms with Gasteiger partial charge in [-0.1, -0.05) is 46.3 Å². The van der Waals surface area contributed by atoms with Crippen LogP contribution in [0.4, 0.5) is 4.39 Å². The Morgan fingerprint density at radius 1 is 1.00 bits per heavy atom. The van der Waals surface area contributed by atoms with Crippen LogP contribution in [0.1, 0.15) is 5.69 Å². The molecule has 0 aliphatic heterocycles. The van der Waals surface area contributed by atoms with Gasteiger partial charge in [-0.2, -0.15) is 5.10 Å². The van der Waals surface area contributed by atoms with Crippen LogP contribution in [0.15, 0.2) is 60.8 Å². The van der Waals surface area contributed by atoms with Crippen LogP contribution >= 0.6 is 15.9 Å². The summed E-state index contributed by atoms with van der Waals surface area (Å²) < 4.78 is 14.8. The Hall–Kier alpha value is -1.94. The van der Waals surface area contributed by atoms with Crippen molar-refractivity contribution in [3.63, 3.8) is 0 Å². The van der Waals surface area contributed by atoms with Gasteiger partial charge in [-0.3, -0.25) is 0 Å². The molecule has 0 spiro atoms. The van der Waals surface area contributed by atoms with Gasteiger partial charge in [0.15, 0.2) is 0 Å². The van der Waals surface area contributed by atoms with E-state index in [0.717, 1.165) is 22.5 Å². The average molecular weight is 331 g/mol. The first-order valence-corrected chi connectivity index (χ1v) is 7.36. The van der Waals surface area contributed by atoms with Crippen molar-refractivity contribution in [2.24, 2.45) is 0 Å². The van der Waals surface area contributed by atoms with E-state index in [1.165, 1.54) is 12.1 Å². The molecular formula is C16H12BrFN2. The molecule has 3 rings (SSSR count). The highest BCUT2D eigenvalue weighted by Gasteiger charge is 2.10. The molecule has 0 unspecified atom stereocenters. The van der Waals surface area contributed by atoms with Crippen LogP contribution in [0.5, 0.6) is 0 Å². The number of rotatable bonds is 3. The van der Waals surface area contributed by atoms with Crippen molar-refractivity contribution in [1.82, 2.24) is 9.78 Å². The summed E-state index contributed by atoms with van der Waals surface area (Å²) in [5.41, 5.74) is 4.00. The molecule has 20 heavy (non-hydrogen) atoms. The van der Waals surface area contributed by atoms with Crippen LogP contribution in [-0.4, -0.2) is 9.78 Å². The zero-order valence-electron chi connectivity index (χ0n) is 10.6. The van der Waals surface area contributed by atoms with Crippen LogP contribution in [0.25, 0.3) is 16.8 Å². The van der Waals surface area contributed by atoms with Crippen LogP contribution in [0.2, 0.25) is 0 Å². The maximum absolute atomic E-state index is 13.0. The normalized spacial score (nSPS) is 10.7. The number of benzene rings is 2. The summed E-state index contributed by atoms with van der Waals surface area (Å²) in [5, 5.41) is 5.22. The van der Waals surface area contributed by atoms with E-state index in [1.54, 1.807) is 16.8 Å². The lowest BCUT2D eigenvalue weighted by Crippen LogP contribution is -1.95. The van der Waals surface area contributed by atoms with Crippen molar-refractivity contribution in [3.8, 4) is 16.8 Å². The van der Waals surface area contributed by atoms with Gasteiger partial charge in [-0.25, -0.2) is 9.07 Å². The summed E-state index contributed by atoms with van der Waals surface area (Å²) in [6.07, 6.45) is 1.97. The van der Waals surface area contributed by atoms with Crippen molar-refractivity contribution in [3.05, 3.63) is 72.3 Å². The Morgan fingerprint density at radius 3 is 2.35 bits per heavy atom. The second-order valence-electron chi connectivity index (χ2n) is 4.41. The van der Waals surface area contributed by atoms with Crippen LogP contribution in [0, 0.1) is 5.82 Å². The molecule has 2 aromatic carbocycles. The molecule has 2 nitrogen and oxygen atoms in total. The monoisotopic (exact) mass is 330 g/mol. The lowest BCUT2D eigenvalue weighted by atomic mass is 10.1. The summed E-state index contributed by atoms with van der Waals surface area (Å²) in [5.74, 6) is -0.245. The van der Waals surface area contributed by atoms with Gasteiger partial charge in [-0.15, -0.1) is 0 Å². The zero-order valence-corrected chi connectivity index (χ0v) is 12.2. The van der Waals surface area contributed by atoms with Crippen LogP contribution in [0.3, 0.4) is 0 Å². The number of hydrogen-bond acceptors (Lipinski definition) is 1. The third-order valence-electron chi connectivity index (χ3n) is 3.09. The van der Waals surface area contributed by atoms with E-state index in [-0.39, 0.29) is 5.82 Å². The molecule has 0 saturated carbocycles. The Bertz CT molecular complexity index is 705. The van der Waals surface area contributed by atoms with Gasteiger partial charge in [0.1, 0.15) is 5.82 Å². The van der Waals surface area contributed by atoms with Gasteiger partial charge in [0.25, 0.3) is 0 Å². The first kappa shape index (κ1) is 13.1. The average Bonchev–Trinajstić information content (AvgIpc) is 2.93. The summed E-state index contributed by atoms with van der Waals surface area (Å²) in [4.78, 5) is 0. The molecular weight excluding hydrogens is 319 g/mol. The molecule has 1 aromatic heterocycles. The molecule has 1 heterocycles. The number of hydrogen-bond donors (Lipinski definition) is 0. The highest BCUT2D eigenvalue weighted by Crippen LogP contribution is 2.25. The third-order valence-corrected chi connectivity index (χ3v) is 3.62. The number of nitrogens with zero attached hydrogens (tertiary/aromatic N) is 2. The van der Waals surface area contributed by atoms with Gasteiger partial charge in [0.2, 0.25) is 0 Å². The quantitative estimate of drug-likeness (QED) is 0.643. The highest BCUT2D eigenvalue weighted by molar-refractivity contribution is 9.08. The molecule has 0 amide bonds. The second-order valence-corrected chi connectivity index (χ2v) is 4.97. The van der Waals surface area contributed by atoms with Gasteiger partial charge in [-0.05, 0) is 29.8 Å². The summed E-state index contributed by atoms with van der Waals surface area (Å²) in [6.45, 7) is 0. The van der Waals surface area contributed by atoms with Gasteiger partial charge < -0.3 is 0 Å². The topological polar surface area (TPSA) is 17.8 Å². The number of aromatic nitrogens is 2. The standard InChI is InChI=1S/C16H12BrFN2/c17-10-16-15(12-4-2-1-3-5-12)11-20(19-16)14-8-6-13(18)7-9-14/h1-9,11H,10H2. The maximum atomic E-state index is 13.0. The minimum atomic E-state index is -0.245. The van der Waals surface area contributed by atoms with E-state index in [1.807, 2.05) is 24.4 Å². The molecule has 0 atom stereocenters.